The maximum Gasteiger partial charge on any atom is 0.0829 e. The SMILES string of the molecule is C=COC=C.CCC1CO1. The van der Waals surface area contributed by atoms with E-state index in [-0.39, 0.29) is 0 Å². The van der Waals surface area contributed by atoms with Gasteiger partial charge in [-0.1, -0.05) is 20.1 Å². The number of ether oxygens (including phenoxy) is 2. The van der Waals surface area contributed by atoms with Gasteiger partial charge in [-0.15, -0.1) is 0 Å². The van der Waals surface area contributed by atoms with Crippen LogP contribution in [-0.2, 0) is 9.47 Å². The zero-order chi connectivity index (χ0) is 7.82. The van der Waals surface area contributed by atoms with Crippen molar-refractivity contribution in [1.29, 1.82) is 0 Å². The Hall–Kier alpha value is -0.760. The highest BCUT2D eigenvalue weighted by atomic mass is 16.6. The monoisotopic (exact) mass is 142 g/mol. The summed E-state index contributed by atoms with van der Waals surface area (Å²) in [5.74, 6) is 0. The lowest BCUT2D eigenvalue weighted by Gasteiger charge is -1.76. The second-order valence-electron chi connectivity index (χ2n) is 1.83. The standard InChI is InChI=1S/C4H8O.C4H6O/c1-2-4-3-5-4;1-3-5-4-2/h4H,2-3H2,1H3;3-4H,1-2H2. The first-order valence-corrected chi connectivity index (χ1v) is 3.34. The van der Waals surface area contributed by atoms with Crippen LogP contribution in [0.1, 0.15) is 13.3 Å². The highest BCUT2D eigenvalue weighted by Crippen LogP contribution is 2.10. The van der Waals surface area contributed by atoms with Crippen LogP contribution in [0.2, 0.25) is 0 Å². The van der Waals surface area contributed by atoms with Gasteiger partial charge in [0.15, 0.2) is 0 Å². The summed E-state index contributed by atoms with van der Waals surface area (Å²) >= 11 is 0. The average Bonchev–Trinajstić information content (AvgIpc) is 2.72. The predicted molar refractivity (Wildman–Crippen MR) is 41.5 cm³/mol. The van der Waals surface area contributed by atoms with Gasteiger partial charge in [-0.3, -0.25) is 0 Å². The molecule has 1 aliphatic heterocycles. The molecule has 0 aromatic heterocycles. The van der Waals surface area contributed by atoms with Crippen LogP contribution >= 0.6 is 0 Å². The fraction of sp³-hybridized carbons (Fsp3) is 0.500. The molecular weight excluding hydrogens is 128 g/mol. The Morgan fingerprint density at radius 2 is 2.10 bits per heavy atom. The molecular formula is C8H14O2. The molecule has 0 aliphatic carbocycles. The van der Waals surface area contributed by atoms with Gasteiger partial charge in [0.05, 0.1) is 25.2 Å². The van der Waals surface area contributed by atoms with Crippen molar-refractivity contribution in [3.63, 3.8) is 0 Å². The van der Waals surface area contributed by atoms with Crippen LogP contribution < -0.4 is 0 Å². The quantitative estimate of drug-likeness (QED) is 0.444. The molecule has 0 amide bonds. The van der Waals surface area contributed by atoms with Crippen LogP contribution in [0.25, 0.3) is 0 Å². The molecule has 0 N–H and O–H groups in total. The van der Waals surface area contributed by atoms with Gasteiger partial charge >= 0.3 is 0 Å². The average molecular weight is 142 g/mol. The van der Waals surface area contributed by atoms with E-state index in [1.165, 1.54) is 18.9 Å². The van der Waals surface area contributed by atoms with Crippen LogP contribution in [0.3, 0.4) is 0 Å². The van der Waals surface area contributed by atoms with E-state index in [4.69, 9.17) is 4.74 Å². The Balaban J connectivity index is 0.000000162. The van der Waals surface area contributed by atoms with E-state index in [1.54, 1.807) is 0 Å². The fourth-order valence-electron chi connectivity index (χ4n) is 0.372. The van der Waals surface area contributed by atoms with Gasteiger partial charge in [0.1, 0.15) is 0 Å². The third-order valence-electron chi connectivity index (χ3n) is 1.05. The van der Waals surface area contributed by atoms with E-state index in [0.29, 0.717) is 6.10 Å². The first-order chi connectivity index (χ1) is 4.85. The summed E-state index contributed by atoms with van der Waals surface area (Å²) < 4.78 is 9.22. The summed E-state index contributed by atoms with van der Waals surface area (Å²) in [4.78, 5) is 0. The topological polar surface area (TPSA) is 21.8 Å². The first kappa shape index (κ1) is 9.24. The van der Waals surface area contributed by atoms with E-state index < -0.39 is 0 Å². The molecule has 1 saturated heterocycles. The van der Waals surface area contributed by atoms with Crippen LogP contribution in [0.4, 0.5) is 0 Å². The van der Waals surface area contributed by atoms with Gasteiger partial charge in [-0.2, -0.15) is 0 Å². The first-order valence-electron chi connectivity index (χ1n) is 3.34. The minimum absolute atomic E-state index is 0.634. The molecule has 0 aromatic carbocycles. The van der Waals surface area contributed by atoms with Gasteiger partial charge in [0.25, 0.3) is 0 Å². The van der Waals surface area contributed by atoms with Crippen molar-refractivity contribution >= 4 is 0 Å². The minimum Gasteiger partial charge on any atom is -0.474 e. The summed E-state index contributed by atoms with van der Waals surface area (Å²) in [6, 6.07) is 0. The number of rotatable bonds is 3. The molecule has 1 heterocycles. The highest BCUT2D eigenvalue weighted by molar-refractivity contribution is 4.64. The summed E-state index contributed by atoms with van der Waals surface area (Å²) in [5.41, 5.74) is 0. The normalized spacial score (nSPS) is 19.9. The summed E-state index contributed by atoms with van der Waals surface area (Å²) in [6.07, 6.45) is 4.45. The largest absolute Gasteiger partial charge is 0.474 e. The molecule has 0 radical (unpaired) electrons. The Morgan fingerprint density at radius 1 is 1.60 bits per heavy atom. The van der Waals surface area contributed by atoms with E-state index in [9.17, 15) is 0 Å². The van der Waals surface area contributed by atoms with Crippen LogP contribution in [0, 0.1) is 0 Å². The van der Waals surface area contributed by atoms with E-state index in [0.717, 1.165) is 6.61 Å². The van der Waals surface area contributed by atoms with Crippen molar-refractivity contribution < 1.29 is 9.47 Å². The Labute approximate surface area is 62.1 Å². The molecule has 1 atom stereocenters. The Bertz CT molecular complexity index is 89.4. The van der Waals surface area contributed by atoms with Gasteiger partial charge in [0, 0.05) is 0 Å². The van der Waals surface area contributed by atoms with Gasteiger partial charge in [-0.25, -0.2) is 0 Å². The van der Waals surface area contributed by atoms with Crippen molar-refractivity contribution in [2.24, 2.45) is 0 Å². The predicted octanol–water partition coefficient (Wildman–Crippen LogP) is 2.09. The zero-order valence-corrected chi connectivity index (χ0v) is 6.38. The Morgan fingerprint density at radius 3 is 2.10 bits per heavy atom. The van der Waals surface area contributed by atoms with Crippen molar-refractivity contribution in [1.82, 2.24) is 0 Å². The van der Waals surface area contributed by atoms with Gasteiger partial charge in [-0.05, 0) is 6.42 Å². The minimum atomic E-state index is 0.634. The second-order valence-corrected chi connectivity index (χ2v) is 1.83. The van der Waals surface area contributed by atoms with Gasteiger partial charge < -0.3 is 9.47 Å². The lowest BCUT2D eigenvalue weighted by Crippen LogP contribution is -1.73. The highest BCUT2D eigenvalue weighted by Gasteiger charge is 2.18. The van der Waals surface area contributed by atoms with Crippen molar-refractivity contribution in [2.45, 2.75) is 19.4 Å². The van der Waals surface area contributed by atoms with Crippen molar-refractivity contribution in [3.8, 4) is 0 Å². The van der Waals surface area contributed by atoms with E-state index >= 15 is 0 Å². The Kier molecular flexibility index (Phi) is 5.88. The molecule has 1 aliphatic rings. The molecule has 10 heavy (non-hydrogen) atoms. The molecule has 1 fully saturated rings. The fourth-order valence-corrected chi connectivity index (χ4v) is 0.372. The second kappa shape index (κ2) is 6.36. The third kappa shape index (κ3) is 7.24. The molecule has 0 spiro atoms. The van der Waals surface area contributed by atoms with Crippen LogP contribution in [0.15, 0.2) is 25.7 Å². The van der Waals surface area contributed by atoms with E-state index in [2.05, 4.69) is 24.8 Å². The van der Waals surface area contributed by atoms with Crippen LogP contribution in [0.5, 0.6) is 0 Å². The molecule has 0 saturated carbocycles. The summed E-state index contributed by atoms with van der Waals surface area (Å²) in [6.45, 7) is 9.66. The summed E-state index contributed by atoms with van der Waals surface area (Å²) in [5, 5.41) is 0. The molecule has 0 aromatic rings. The molecule has 1 rings (SSSR count). The maximum atomic E-state index is 4.86. The molecule has 2 nitrogen and oxygen atoms in total. The van der Waals surface area contributed by atoms with Crippen LogP contribution in [-0.4, -0.2) is 12.7 Å². The molecule has 1 unspecified atom stereocenters. The van der Waals surface area contributed by atoms with Gasteiger partial charge in [0.2, 0.25) is 0 Å². The molecule has 2 heteroatoms. The smallest absolute Gasteiger partial charge is 0.0829 e. The summed E-state index contributed by atoms with van der Waals surface area (Å²) in [7, 11) is 0. The molecule has 58 valence electrons. The lowest BCUT2D eigenvalue weighted by molar-refractivity contribution is 0.403. The maximum absolute atomic E-state index is 4.86. The third-order valence-corrected chi connectivity index (χ3v) is 1.05. The number of hydrogen-bond acceptors (Lipinski definition) is 2. The number of hydrogen-bond donors (Lipinski definition) is 0. The molecule has 0 bridgehead atoms. The lowest BCUT2D eigenvalue weighted by atomic mass is 10.4. The zero-order valence-electron chi connectivity index (χ0n) is 6.38. The van der Waals surface area contributed by atoms with Crippen molar-refractivity contribution in [3.05, 3.63) is 25.7 Å². The van der Waals surface area contributed by atoms with Crippen molar-refractivity contribution in [2.75, 3.05) is 6.61 Å². The number of epoxide rings is 1. The van der Waals surface area contributed by atoms with E-state index in [1.807, 2.05) is 0 Å².